The summed E-state index contributed by atoms with van der Waals surface area (Å²) in [6.45, 7) is 4.68. The summed E-state index contributed by atoms with van der Waals surface area (Å²) in [6, 6.07) is 7.28. The van der Waals surface area contributed by atoms with Gasteiger partial charge in [0.25, 0.3) is 0 Å². The first kappa shape index (κ1) is 25.1. The Labute approximate surface area is 197 Å². The van der Waals surface area contributed by atoms with Crippen molar-refractivity contribution in [2.24, 2.45) is 5.92 Å². The lowest BCUT2D eigenvalue weighted by molar-refractivity contribution is -0.143. The van der Waals surface area contributed by atoms with Crippen molar-refractivity contribution in [2.75, 3.05) is 33.3 Å². The topological polar surface area (TPSA) is 79.0 Å². The van der Waals surface area contributed by atoms with Gasteiger partial charge in [-0.15, -0.1) is 0 Å². The molecular weight excluding hydrogens is 418 g/mol. The first-order chi connectivity index (χ1) is 16.1. The first-order valence-electron chi connectivity index (χ1n) is 12.5. The quantitative estimate of drug-likeness (QED) is 0.614. The molecule has 2 atom stereocenters. The number of rotatable bonds is 9. The average Bonchev–Trinajstić information content (AvgIpc) is 3.12. The number of unbranched alkanes of at least 4 members (excludes halogenated alkanes) is 1. The number of amides is 3. The number of methoxy groups -OCH3 is 1. The van der Waals surface area contributed by atoms with Crippen molar-refractivity contribution in [2.45, 2.75) is 70.8 Å². The fourth-order valence-electron chi connectivity index (χ4n) is 5.02. The number of nitrogens with zero attached hydrogens (tertiary/aromatic N) is 2. The molecule has 182 valence electrons. The minimum atomic E-state index is -0.371. The van der Waals surface area contributed by atoms with E-state index in [1.165, 1.54) is 12.8 Å². The van der Waals surface area contributed by atoms with Crippen molar-refractivity contribution >= 4 is 17.7 Å². The number of ether oxygens (including phenoxy) is 1. The number of carbonyl (C=O) groups excluding carboxylic acids is 3. The molecule has 0 aliphatic carbocycles. The molecule has 1 aromatic carbocycles. The van der Waals surface area contributed by atoms with E-state index in [0.29, 0.717) is 38.1 Å². The Morgan fingerprint density at radius 2 is 1.85 bits per heavy atom. The maximum atomic E-state index is 13.3. The van der Waals surface area contributed by atoms with Gasteiger partial charge in [0.1, 0.15) is 5.75 Å². The van der Waals surface area contributed by atoms with E-state index in [9.17, 15) is 14.4 Å². The zero-order valence-electron chi connectivity index (χ0n) is 20.2. The van der Waals surface area contributed by atoms with Gasteiger partial charge in [-0.2, -0.15) is 0 Å². The molecule has 0 saturated carbocycles. The highest BCUT2D eigenvalue weighted by molar-refractivity contribution is 5.85. The Hall–Kier alpha value is -2.57. The summed E-state index contributed by atoms with van der Waals surface area (Å²) < 4.78 is 5.58. The molecule has 2 heterocycles. The van der Waals surface area contributed by atoms with Gasteiger partial charge >= 0.3 is 0 Å². The summed E-state index contributed by atoms with van der Waals surface area (Å²) in [6.07, 6.45) is 7.50. The number of piperidine rings is 1. The Bertz CT molecular complexity index is 804. The molecule has 3 rings (SSSR count). The van der Waals surface area contributed by atoms with Crippen LogP contribution in [0.2, 0.25) is 0 Å². The number of nitrogens with one attached hydrogen (secondary N) is 1. The molecule has 1 N–H and O–H groups in total. The van der Waals surface area contributed by atoms with Crippen molar-refractivity contribution in [3.63, 3.8) is 0 Å². The Morgan fingerprint density at radius 3 is 2.55 bits per heavy atom. The van der Waals surface area contributed by atoms with Crippen molar-refractivity contribution in [3.8, 4) is 5.75 Å². The molecule has 0 spiro atoms. The summed E-state index contributed by atoms with van der Waals surface area (Å²) in [7, 11) is 1.61. The summed E-state index contributed by atoms with van der Waals surface area (Å²) in [5, 5.41) is 3.00. The van der Waals surface area contributed by atoms with E-state index in [0.717, 1.165) is 44.3 Å². The van der Waals surface area contributed by atoms with Crippen molar-refractivity contribution in [1.29, 1.82) is 0 Å². The molecule has 0 aromatic heterocycles. The minimum Gasteiger partial charge on any atom is -0.496 e. The number of para-hydroxylation sites is 1. The highest BCUT2D eigenvalue weighted by Crippen LogP contribution is 2.40. The second-order valence-electron chi connectivity index (χ2n) is 9.11. The molecule has 2 fully saturated rings. The predicted molar refractivity (Wildman–Crippen MR) is 128 cm³/mol. The van der Waals surface area contributed by atoms with Crippen LogP contribution in [0.3, 0.4) is 0 Å². The van der Waals surface area contributed by atoms with E-state index >= 15 is 0 Å². The van der Waals surface area contributed by atoms with Gasteiger partial charge in [0.2, 0.25) is 17.7 Å². The van der Waals surface area contributed by atoms with Crippen LogP contribution in [0.5, 0.6) is 5.75 Å². The highest BCUT2D eigenvalue weighted by atomic mass is 16.5. The van der Waals surface area contributed by atoms with E-state index in [1.54, 1.807) is 7.11 Å². The van der Waals surface area contributed by atoms with Crippen LogP contribution in [0.4, 0.5) is 0 Å². The van der Waals surface area contributed by atoms with E-state index in [4.69, 9.17) is 4.74 Å². The van der Waals surface area contributed by atoms with Crippen molar-refractivity contribution in [1.82, 2.24) is 15.1 Å². The van der Waals surface area contributed by atoms with Crippen LogP contribution in [0.25, 0.3) is 0 Å². The van der Waals surface area contributed by atoms with Crippen molar-refractivity contribution < 1.29 is 19.1 Å². The standard InChI is InChI=1S/C26H39N3O4/c1-3-4-19-29-24(31)14-13-21(25(29)20-11-7-8-12-22(20)33-2)26(32)27-16-15-23(30)28-17-9-5-6-10-18-28/h7-8,11-12,21,25H,3-6,9-10,13-19H2,1-2H3,(H,27,32). The Morgan fingerprint density at radius 1 is 1.12 bits per heavy atom. The third kappa shape index (κ3) is 6.49. The zero-order valence-corrected chi connectivity index (χ0v) is 20.2. The van der Waals surface area contributed by atoms with Crippen LogP contribution in [-0.2, 0) is 14.4 Å². The minimum absolute atomic E-state index is 0.0831. The van der Waals surface area contributed by atoms with Gasteiger partial charge < -0.3 is 19.9 Å². The molecule has 7 heteroatoms. The largest absolute Gasteiger partial charge is 0.496 e. The van der Waals surface area contributed by atoms with E-state index in [-0.39, 0.29) is 29.7 Å². The second kappa shape index (κ2) is 12.6. The number of hydrogen-bond acceptors (Lipinski definition) is 4. The first-order valence-corrected chi connectivity index (χ1v) is 12.5. The van der Waals surface area contributed by atoms with E-state index in [2.05, 4.69) is 12.2 Å². The van der Waals surface area contributed by atoms with Gasteiger partial charge in [-0.25, -0.2) is 0 Å². The van der Waals surface area contributed by atoms with Gasteiger partial charge in [-0.1, -0.05) is 44.4 Å². The van der Waals surface area contributed by atoms with Crippen LogP contribution in [0.1, 0.15) is 76.3 Å². The molecular formula is C26H39N3O4. The number of carbonyl (C=O) groups is 3. The van der Waals surface area contributed by atoms with Gasteiger partial charge in [-0.3, -0.25) is 14.4 Å². The third-order valence-corrected chi connectivity index (χ3v) is 6.85. The highest BCUT2D eigenvalue weighted by Gasteiger charge is 2.41. The molecule has 2 saturated heterocycles. The molecule has 1 aromatic rings. The molecule has 7 nitrogen and oxygen atoms in total. The molecule has 2 aliphatic heterocycles. The fraction of sp³-hybridized carbons (Fsp3) is 0.654. The zero-order chi connectivity index (χ0) is 23.6. The van der Waals surface area contributed by atoms with Gasteiger partial charge in [-0.05, 0) is 31.7 Å². The van der Waals surface area contributed by atoms with Crippen molar-refractivity contribution in [3.05, 3.63) is 29.8 Å². The monoisotopic (exact) mass is 457 g/mol. The molecule has 2 unspecified atom stereocenters. The number of benzene rings is 1. The Balaban J connectivity index is 1.70. The summed E-state index contributed by atoms with van der Waals surface area (Å²) in [5.74, 6) is 0.419. The van der Waals surface area contributed by atoms with Gasteiger partial charge in [0, 0.05) is 44.6 Å². The Kier molecular flexibility index (Phi) is 9.58. The smallest absolute Gasteiger partial charge is 0.225 e. The summed E-state index contributed by atoms with van der Waals surface area (Å²) in [5.41, 5.74) is 0.866. The van der Waals surface area contributed by atoms with E-state index < -0.39 is 0 Å². The van der Waals surface area contributed by atoms with Gasteiger partial charge in [0.15, 0.2) is 0 Å². The maximum Gasteiger partial charge on any atom is 0.225 e. The fourth-order valence-corrected chi connectivity index (χ4v) is 5.02. The molecule has 33 heavy (non-hydrogen) atoms. The number of likely N-dealkylation sites (tertiary alicyclic amines) is 2. The molecule has 2 aliphatic rings. The number of hydrogen-bond donors (Lipinski definition) is 1. The maximum absolute atomic E-state index is 13.3. The second-order valence-corrected chi connectivity index (χ2v) is 9.11. The molecule has 0 radical (unpaired) electrons. The lowest BCUT2D eigenvalue weighted by Gasteiger charge is -2.41. The molecule has 3 amide bonds. The van der Waals surface area contributed by atoms with Crippen LogP contribution < -0.4 is 10.1 Å². The summed E-state index contributed by atoms with van der Waals surface area (Å²) in [4.78, 5) is 42.6. The average molecular weight is 458 g/mol. The van der Waals surface area contributed by atoms with Crippen LogP contribution in [-0.4, -0.2) is 60.8 Å². The molecule has 0 bridgehead atoms. The predicted octanol–water partition coefficient (Wildman–Crippen LogP) is 3.68. The van der Waals surface area contributed by atoms with Gasteiger partial charge in [0.05, 0.1) is 19.1 Å². The lowest BCUT2D eigenvalue weighted by atomic mass is 9.83. The van der Waals surface area contributed by atoms with E-state index in [1.807, 2.05) is 34.1 Å². The normalized spacial score (nSPS) is 21.5. The SMILES string of the molecule is CCCCN1C(=O)CCC(C(=O)NCCC(=O)N2CCCCCC2)C1c1ccccc1OC. The van der Waals surface area contributed by atoms with Crippen LogP contribution in [0, 0.1) is 5.92 Å². The van der Waals surface area contributed by atoms with Crippen LogP contribution in [0.15, 0.2) is 24.3 Å². The van der Waals surface area contributed by atoms with Crippen LogP contribution >= 0.6 is 0 Å². The lowest BCUT2D eigenvalue weighted by Crippen LogP contribution is -2.48. The third-order valence-electron chi connectivity index (χ3n) is 6.85. The summed E-state index contributed by atoms with van der Waals surface area (Å²) >= 11 is 0.